The lowest BCUT2D eigenvalue weighted by molar-refractivity contribution is 0.0773. The van der Waals surface area contributed by atoms with Gasteiger partial charge in [-0.2, -0.15) is 0 Å². The molecule has 1 fully saturated rings. The van der Waals surface area contributed by atoms with Gasteiger partial charge in [0.1, 0.15) is 11.4 Å². The van der Waals surface area contributed by atoms with Gasteiger partial charge in [0.2, 0.25) is 0 Å². The zero-order chi connectivity index (χ0) is 16.7. The molecular formula is C16H26N4O2. The summed E-state index contributed by atoms with van der Waals surface area (Å²) in [6.07, 6.45) is 0.861. The number of hydrogen-bond acceptors (Lipinski definition) is 4. The first-order chi connectivity index (χ1) is 10.1. The Kier molecular flexibility index (Phi) is 4.17. The van der Waals surface area contributed by atoms with Crippen LogP contribution in [0.2, 0.25) is 0 Å². The number of nitrogens with zero attached hydrogens (tertiary/aromatic N) is 2. The molecule has 6 heteroatoms. The molecule has 0 bridgehead atoms. The van der Waals surface area contributed by atoms with Gasteiger partial charge in [0.15, 0.2) is 0 Å². The van der Waals surface area contributed by atoms with Crippen LogP contribution in [-0.4, -0.2) is 40.4 Å². The van der Waals surface area contributed by atoms with E-state index >= 15 is 0 Å². The van der Waals surface area contributed by atoms with E-state index in [1.54, 1.807) is 11.8 Å². The van der Waals surface area contributed by atoms with Gasteiger partial charge in [-0.05, 0) is 25.3 Å². The zero-order valence-electron chi connectivity index (χ0n) is 14.1. The van der Waals surface area contributed by atoms with Crippen molar-refractivity contribution < 1.29 is 4.79 Å². The number of aromatic nitrogens is 2. The molecule has 0 aliphatic carbocycles. The minimum atomic E-state index is -0.358. The van der Waals surface area contributed by atoms with Gasteiger partial charge in [-0.1, -0.05) is 27.7 Å². The molecule has 0 radical (unpaired) electrons. The Labute approximate surface area is 131 Å². The third-order valence-corrected chi connectivity index (χ3v) is 4.36. The predicted molar refractivity (Wildman–Crippen MR) is 86.0 cm³/mol. The number of likely N-dealkylation sites (tertiary alicyclic amines) is 1. The lowest BCUT2D eigenvalue weighted by Gasteiger charge is -2.23. The first-order valence-electron chi connectivity index (χ1n) is 7.68. The van der Waals surface area contributed by atoms with E-state index in [-0.39, 0.29) is 27.9 Å². The first kappa shape index (κ1) is 16.7. The normalized spacial score (nSPS) is 22.2. The molecule has 122 valence electrons. The SMILES string of the molecule is Cc1nc(C(C)(C)C)[nH]c(=O)c1C(=O)N1CCC(C)(CN)C1. The summed E-state index contributed by atoms with van der Waals surface area (Å²) in [6.45, 7) is 11.5. The summed E-state index contributed by atoms with van der Waals surface area (Å²) in [5.41, 5.74) is 5.73. The molecule has 1 saturated heterocycles. The maximum Gasteiger partial charge on any atom is 0.264 e. The van der Waals surface area contributed by atoms with Crippen molar-refractivity contribution in [1.29, 1.82) is 0 Å². The molecular weight excluding hydrogens is 280 g/mol. The van der Waals surface area contributed by atoms with Crippen LogP contribution in [0, 0.1) is 12.3 Å². The summed E-state index contributed by atoms with van der Waals surface area (Å²) in [4.78, 5) is 33.9. The standard InChI is InChI=1S/C16H26N4O2/c1-10-11(12(21)19-14(18-10)15(2,3)4)13(22)20-7-6-16(5,8-17)9-20/h6-9,17H2,1-5H3,(H,18,19,21). The van der Waals surface area contributed by atoms with Crippen LogP contribution in [0.25, 0.3) is 0 Å². The van der Waals surface area contributed by atoms with Gasteiger partial charge < -0.3 is 15.6 Å². The molecule has 6 nitrogen and oxygen atoms in total. The highest BCUT2D eigenvalue weighted by atomic mass is 16.2. The quantitative estimate of drug-likeness (QED) is 0.858. The molecule has 1 unspecified atom stereocenters. The van der Waals surface area contributed by atoms with Crippen LogP contribution in [0.4, 0.5) is 0 Å². The van der Waals surface area contributed by atoms with Crippen molar-refractivity contribution in [3.8, 4) is 0 Å². The van der Waals surface area contributed by atoms with Gasteiger partial charge >= 0.3 is 0 Å². The smallest absolute Gasteiger partial charge is 0.264 e. The van der Waals surface area contributed by atoms with Crippen molar-refractivity contribution in [3.05, 3.63) is 27.4 Å². The maximum absolute atomic E-state index is 12.7. The maximum atomic E-state index is 12.7. The van der Waals surface area contributed by atoms with E-state index in [2.05, 4.69) is 16.9 Å². The number of nitrogens with two attached hydrogens (primary N) is 1. The second-order valence-electron chi connectivity index (χ2n) is 7.62. The number of carbonyl (C=O) groups is 1. The van der Waals surface area contributed by atoms with Crippen molar-refractivity contribution in [2.75, 3.05) is 19.6 Å². The first-order valence-corrected chi connectivity index (χ1v) is 7.68. The number of aromatic amines is 1. The lowest BCUT2D eigenvalue weighted by atomic mass is 9.90. The summed E-state index contributed by atoms with van der Waals surface area (Å²) in [6, 6.07) is 0. The minimum absolute atomic E-state index is 0.0604. The van der Waals surface area contributed by atoms with Crippen LogP contribution < -0.4 is 11.3 Å². The van der Waals surface area contributed by atoms with E-state index in [9.17, 15) is 9.59 Å². The average molecular weight is 306 g/mol. The van der Waals surface area contributed by atoms with Crippen LogP contribution in [0.15, 0.2) is 4.79 Å². The summed E-state index contributed by atoms with van der Waals surface area (Å²) in [5, 5.41) is 0. The topological polar surface area (TPSA) is 92.1 Å². The van der Waals surface area contributed by atoms with Gasteiger partial charge in [-0.15, -0.1) is 0 Å². The summed E-state index contributed by atoms with van der Waals surface area (Å²) < 4.78 is 0. The zero-order valence-corrected chi connectivity index (χ0v) is 14.1. The Hall–Kier alpha value is -1.69. The van der Waals surface area contributed by atoms with Crippen molar-refractivity contribution >= 4 is 5.91 Å². The van der Waals surface area contributed by atoms with E-state index in [0.29, 0.717) is 31.2 Å². The molecule has 1 aromatic heterocycles. The molecule has 1 amide bonds. The molecule has 22 heavy (non-hydrogen) atoms. The van der Waals surface area contributed by atoms with Gasteiger partial charge in [0.05, 0.1) is 5.69 Å². The number of rotatable bonds is 2. The van der Waals surface area contributed by atoms with Gasteiger partial charge in [-0.25, -0.2) is 4.98 Å². The number of carbonyl (C=O) groups excluding carboxylic acids is 1. The molecule has 2 heterocycles. The highest BCUT2D eigenvalue weighted by molar-refractivity contribution is 5.95. The third-order valence-electron chi connectivity index (χ3n) is 4.36. The van der Waals surface area contributed by atoms with E-state index in [1.165, 1.54) is 0 Å². The monoisotopic (exact) mass is 306 g/mol. The van der Waals surface area contributed by atoms with E-state index in [0.717, 1.165) is 6.42 Å². The van der Waals surface area contributed by atoms with Crippen molar-refractivity contribution in [2.45, 2.75) is 46.5 Å². The minimum Gasteiger partial charge on any atom is -0.338 e. The van der Waals surface area contributed by atoms with Gasteiger partial charge in [0, 0.05) is 18.5 Å². The van der Waals surface area contributed by atoms with Gasteiger partial charge in [0.25, 0.3) is 11.5 Å². The van der Waals surface area contributed by atoms with Crippen LogP contribution in [0.3, 0.4) is 0 Å². The van der Waals surface area contributed by atoms with Crippen LogP contribution in [-0.2, 0) is 5.41 Å². The lowest BCUT2D eigenvalue weighted by Crippen LogP contribution is -2.38. The molecule has 1 aliphatic rings. The van der Waals surface area contributed by atoms with Gasteiger partial charge in [-0.3, -0.25) is 9.59 Å². The summed E-state index contributed by atoms with van der Waals surface area (Å²) in [7, 11) is 0. The highest BCUT2D eigenvalue weighted by Crippen LogP contribution is 2.29. The molecule has 1 aliphatic heterocycles. The number of nitrogens with one attached hydrogen (secondary N) is 1. The average Bonchev–Trinajstić information content (AvgIpc) is 2.80. The van der Waals surface area contributed by atoms with Crippen LogP contribution in [0.1, 0.15) is 56.0 Å². The van der Waals surface area contributed by atoms with E-state index in [1.807, 2.05) is 20.8 Å². The summed E-state index contributed by atoms with van der Waals surface area (Å²) >= 11 is 0. The fourth-order valence-electron chi connectivity index (χ4n) is 2.71. The fourth-order valence-corrected chi connectivity index (χ4v) is 2.71. The number of aryl methyl sites for hydroxylation is 1. The van der Waals surface area contributed by atoms with Crippen molar-refractivity contribution in [3.63, 3.8) is 0 Å². The van der Waals surface area contributed by atoms with Crippen molar-refractivity contribution in [1.82, 2.24) is 14.9 Å². The third kappa shape index (κ3) is 3.06. The Balaban J connectivity index is 2.34. The predicted octanol–water partition coefficient (Wildman–Crippen LogP) is 1.19. The number of amides is 1. The second-order valence-corrected chi connectivity index (χ2v) is 7.62. The highest BCUT2D eigenvalue weighted by Gasteiger charge is 2.36. The Morgan fingerprint density at radius 3 is 2.55 bits per heavy atom. The molecule has 3 N–H and O–H groups in total. The Morgan fingerprint density at radius 1 is 1.45 bits per heavy atom. The van der Waals surface area contributed by atoms with Crippen LogP contribution in [0.5, 0.6) is 0 Å². The largest absolute Gasteiger partial charge is 0.338 e. The molecule has 1 atom stereocenters. The fraction of sp³-hybridized carbons (Fsp3) is 0.688. The molecule has 0 spiro atoms. The van der Waals surface area contributed by atoms with E-state index in [4.69, 9.17) is 5.73 Å². The molecule has 0 aromatic carbocycles. The second kappa shape index (κ2) is 5.50. The van der Waals surface area contributed by atoms with Crippen molar-refractivity contribution in [2.24, 2.45) is 11.1 Å². The van der Waals surface area contributed by atoms with Crippen LogP contribution >= 0.6 is 0 Å². The Bertz CT molecular complexity index is 645. The molecule has 2 rings (SSSR count). The van der Waals surface area contributed by atoms with E-state index < -0.39 is 0 Å². The molecule has 1 aromatic rings. The molecule has 0 saturated carbocycles. The number of H-pyrrole nitrogens is 1. The summed E-state index contributed by atoms with van der Waals surface area (Å²) in [5.74, 6) is 0.351. The Morgan fingerprint density at radius 2 is 2.09 bits per heavy atom. The number of hydrogen-bond donors (Lipinski definition) is 2.